The van der Waals surface area contributed by atoms with Crippen LogP contribution in [0.5, 0.6) is 0 Å². The van der Waals surface area contributed by atoms with Gasteiger partial charge in [-0.15, -0.1) is 0 Å². The molecule has 0 unspecified atom stereocenters. The number of rotatable bonds is 6. The molecule has 0 aliphatic heterocycles. The molecule has 0 bridgehead atoms. The van der Waals surface area contributed by atoms with E-state index in [0.29, 0.717) is 16.7 Å². The first kappa shape index (κ1) is 17.1. The van der Waals surface area contributed by atoms with Gasteiger partial charge in [-0.05, 0) is 11.1 Å². The zero-order valence-corrected chi connectivity index (χ0v) is 13.7. The van der Waals surface area contributed by atoms with Crippen LogP contribution in [0.15, 0.2) is 91.0 Å². The zero-order chi connectivity index (χ0) is 17.6. The van der Waals surface area contributed by atoms with Crippen molar-refractivity contribution in [1.29, 1.82) is 0 Å². The van der Waals surface area contributed by atoms with Crippen LogP contribution < -0.4 is 0 Å². The van der Waals surface area contributed by atoms with Gasteiger partial charge in [-0.2, -0.15) is 0 Å². The second-order valence-corrected chi connectivity index (χ2v) is 5.97. The van der Waals surface area contributed by atoms with Gasteiger partial charge in [0.2, 0.25) is 0 Å². The fraction of sp³-hybridized carbons (Fsp3) is 0.136. The van der Waals surface area contributed by atoms with Crippen molar-refractivity contribution in [3.63, 3.8) is 0 Å². The maximum atomic E-state index is 13.1. The Balaban J connectivity index is 2.00. The molecule has 3 heteroatoms. The molecule has 0 saturated carbocycles. The predicted molar refractivity (Wildman–Crippen MR) is 97.1 cm³/mol. The van der Waals surface area contributed by atoms with Gasteiger partial charge in [-0.3, -0.25) is 4.79 Å². The Bertz CT molecular complexity index is 755. The summed E-state index contributed by atoms with van der Waals surface area (Å²) < 4.78 is 0. The minimum atomic E-state index is -1.11. The van der Waals surface area contributed by atoms with Crippen molar-refractivity contribution in [3.8, 4) is 0 Å². The minimum absolute atomic E-state index is 0.284. The van der Waals surface area contributed by atoms with E-state index in [1.807, 2.05) is 18.2 Å². The van der Waals surface area contributed by atoms with Crippen LogP contribution in [-0.2, 0) is 0 Å². The molecular formula is C22H20O3. The number of carbonyl (C=O) groups excluding carboxylic acids is 1. The highest BCUT2D eigenvalue weighted by atomic mass is 16.3. The average Bonchev–Trinajstić information content (AvgIpc) is 2.70. The molecule has 3 nitrogen and oxygen atoms in total. The number of hydrogen-bond acceptors (Lipinski definition) is 3. The average molecular weight is 332 g/mol. The van der Waals surface area contributed by atoms with Crippen molar-refractivity contribution < 1.29 is 15.0 Å². The second-order valence-electron chi connectivity index (χ2n) is 5.97. The topological polar surface area (TPSA) is 57.5 Å². The van der Waals surface area contributed by atoms with Gasteiger partial charge in [0.05, 0.1) is 18.1 Å². The monoisotopic (exact) mass is 332 g/mol. The lowest BCUT2D eigenvalue weighted by Gasteiger charge is -2.27. The Kier molecular flexibility index (Phi) is 5.39. The fourth-order valence-corrected chi connectivity index (χ4v) is 2.97. The molecule has 3 aromatic carbocycles. The highest BCUT2D eigenvalue weighted by molar-refractivity contribution is 5.98. The third kappa shape index (κ3) is 3.85. The Morgan fingerprint density at radius 2 is 0.960 bits per heavy atom. The summed E-state index contributed by atoms with van der Waals surface area (Å²) in [6.07, 6.45) is -2.21. The van der Waals surface area contributed by atoms with Crippen LogP contribution >= 0.6 is 0 Å². The van der Waals surface area contributed by atoms with Gasteiger partial charge >= 0.3 is 0 Å². The maximum Gasteiger partial charge on any atom is 0.171 e. The number of aliphatic hydroxyl groups excluding tert-OH is 2. The molecule has 0 amide bonds. The summed E-state index contributed by atoms with van der Waals surface area (Å²) in [5.41, 5.74) is 1.68. The first-order valence-electron chi connectivity index (χ1n) is 8.24. The minimum Gasteiger partial charge on any atom is -0.388 e. The number of carbonyl (C=O) groups is 1. The zero-order valence-electron chi connectivity index (χ0n) is 13.7. The Hall–Kier alpha value is -2.75. The first-order valence-corrected chi connectivity index (χ1v) is 8.24. The summed E-state index contributed by atoms with van der Waals surface area (Å²) in [4.78, 5) is 13.1. The fourth-order valence-electron chi connectivity index (χ4n) is 2.97. The maximum absolute atomic E-state index is 13.1. The van der Waals surface area contributed by atoms with Crippen molar-refractivity contribution in [2.24, 2.45) is 5.92 Å². The standard InChI is InChI=1S/C22H20O3/c23-20(16-10-4-1-5-11-16)19(21(24)17-12-6-2-7-13-17)22(25)18-14-8-3-9-15-18/h1-15,19-21,23-24H/t20-,21-/m1/s1. The van der Waals surface area contributed by atoms with Gasteiger partial charge in [-0.25, -0.2) is 0 Å². The van der Waals surface area contributed by atoms with Gasteiger partial charge in [-0.1, -0.05) is 91.0 Å². The molecule has 0 heterocycles. The molecule has 2 atom stereocenters. The molecule has 25 heavy (non-hydrogen) atoms. The molecule has 0 spiro atoms. The number of benzene rings is 3. The third-order valence-electron chi connectivity index (χ3n) is 4.32. The Labute approximate surface area is 147 Å². The van der Waals surface area contributed by atoms with Gasteiger partial charge in [0, 0.05) is 5.56 Å². The SMILES string of the molecule is O=C(c1ccccc1)C([C@H](O)c1ccccc1)[C@H](O)c1ccccc1. The molecule has 0 aliphatic carbocycles. The second kappa shape index (κ2) is 7.88. The first-order chi connectivity index (χ1) is 12.2. The van der Waals surface area contributed by atoms with Crippen molar-refractivity contribution in [2.45, 2.75) is 12.2 Å². The highest BCUT2D eigenvalue weighted by Gasteiger charge is 2.35. The lowest BCUT2D eigenvalue weighted by atomic mass is 9.82. The third-order valence-corrected chi connectivity index (χ3v) is 4.32. The molecule has 0 radical (unpaired) electrons. The van der Waals surface area contributed by atoms with E-state index in [-0.39, 0.29) is 5.78 Å². The van der Waals surface area contributed by atoms with Crippen LogP contribution in [0.3, 0.4) is 0 Å². The smallest absolute Gasteiger partial charge is 0.171 e. The Morgan fingerprint density at radius 3 is 1.36 bits per heavy atom. The van der Waals surface area contributed by atoms with E-state index >= 15 is 0 Å². The number of ketones is 1. The Morgan fingerprint density at radius 1 is 0.600 bits per heavy atom. The van der Waals surface area contributed by atoms with Crippen LogP contribution in [-0.4, -0.2) is 16.0 Å². The molecule has 0 fully saturated rings. The van der Waals surface area contributed by atoms with E-state index in [2.05, 4.69) is 0 Å². The largest absolute Gasteiger partial charge is 0.388 e. The van der Waals surface area contributed by atoms with Crippen LogP contribution in [0.4, 0.5) is 0 Å². The molecule has 126 valence electrons. The van der Waals surface area contributed by atoms with Crippen molar-refractivity contribution in [2.75, 3.05) is 0 Å². The summed E-state index contributed by atoms with van der Waals surface area (Å²) in [5, 5.41) is 21.7. The van der Waals surface area contributed by atoms with Crippen LogP contribution in [0.25, 0.3) is 0 Å². The van der Waals surface area contributed by atoms with E-state index in [0.717, 1.165) is 0 Å². The lowest BCUT2D eigenvalue weighted by molar-refractivity contribution is 0.0143. The van der Waals surface area contributed by atoms with Gasteiger partial charge < -0.3 is 10.2 Å². The van der Waals surface area contributed by atoms with Gasteiger partial charge in [0.1, 0.15) is 0 Å². The van der Waals surface area contributed by atoms with Crippen molar-refractivity contribution >= 4 is 5.78 Å². The normalized spacial score (nSPS) is 13.4. The summed E-state index contributed by atoms with van der Waals surface area (Å²) in [6, 6.07) is 26.7. The van der Waals surface area contributed by atoms with Crippen LogP contribution in [0.1, 0.15) is 33.7 Å². The number of Topliss-reactive ketones (excluding diaryl/α,β-unsaturated/α-hetero) is 1. The van der Waals surface area contributed by atoms with Crippen molar-refractivity contribution in [1.82, 2.24) is 0 Å². The quantitative estimate of drug-likeness (QED) is 0.672. The molecule has 0 aromatic heterocycles. The van der Waals surface area contributed by atoms with E-state index in [4.69, 9.17) is 0 Å². The van der Waals surface area contributed by atoms with E-state index in [1.54, 1.807) is 72.8 Å². The van der Waals surface area contributed by atoms with Gasteiger partial charge in [0.15, 0.2) is 5.78 Å². The molecule has 3 rings (SSSR count). The van der Waals surface area contributed by atoms with E-state index < -0.39 is 18.1 Å². The molecule has 0 saturated heterocycles. The van der Waals surface area contributed by atoms with E-state index in [1.165, 1.54) is 0 Å². The number of aliphatic hydroxyl groups is 2. The molecular weight excluding hydrogens is 312 g/mol. The molecule has 3 aromatic rings. The summed E-state index contributed by atoms with van der Waals surface area (Å²) in [6.45, 7) is 0. The van der Waals surface area contributed by atoms with Crippen molar-refractivity contribution in [3.05, 3.63) is 108 Å². The molecule has 2 N–H and O–H groups in total. The predicted octanol–water partition coefficient (Wildman–Crippen LogP) is 3.95. The summed E-state index contributed by atoms with van der Waals surface area (Å²) in [5.74, 6) is -1.28. The molecule has 0 aliphatic rings. The van der Waals surface area contributed by atoms with Gasteiger partial charge in [0.25, 0.3) is 0 Å². The highest BCUT2D eigenvalue weighted by Crippen LogP contribution is 2.35. The lowest BCUT2D eigenvalue weighted by Crippen LogP contribution is -2.29. The number of hydrogen-bond donors (Lipinski definition) is 2. The summed E-state index contributed by atoms with van der Waals surface area (Å²) in [7, 11) is 0. The van der Waals surface area contributed by atoms with Crippen LogP contribution in [0, 0.1) is 5.92 Å². The van der Waals surface area contributed by atoms with E-state index in [9.17, 15) is 15.0 Å². The van der Waals surface area contributed by atoms with Crippen LogP contribution in [0.2, 0.25) is 0 Å². The summed E-state index contributed by atoms with van der Waals surface area (Å²) >= 11 is 0.